The van der Waals surface area contributed by atoms with Crippen molar-refractivity contribution < 1.29 is 14.8 Å². The van der Waals surface area contributed by atoms with Crippen molar-refractivity contribution in [3.05, 3.63) is 0 Å². The Hall–Kier alpha value is -2.10. The van der Waals surface area contributed by atoms with Crippen molar-refractivity contribution >= 4 is 17.6 Å². The number of hydrogen-bond donors (Lipinski definition) is 3. The van der Waals surface area contributed by atoms with Gasteiger partial charge in [-0.3, -0.25) is 10.1 Å². The summed E-state index contributed by atoms with van der Waals surface area (Å²) in [7, 11) is 0. The first-order chi connectivity index (χ1) is 6.65. The van der Waals surface area contributed by atoms with Crippen molar-refractivity contribution in [2.75, 3.05) is 6.54 Å². The summed E-state index contributed by atoms with van der Waals surface area (Å²) in [6.45, 7) is 2.26. The zero-order valence-electron chi connectivity index (χ0n) is 7.57. The first-order valence-electron chi connectivity index (χ1n) is 3.87. The van der Waals surface area contributed by atoms with Gasteiger partial charge >= 0.3 is 6.03 Å². The molecule has 0 aromatic rings. The van der Waals surface area contributed by atoms with Crippen molar-refractivity contribution in [2.45, 2.75) is 13.3 Å². The Labute approximate surface area is 80.4 Å². The molecule has 0 heterocycles. The minimum absolute atomic E-state index is 0.414. The summed E-state index contributed by atoms with van der Waals surface area (Å²) in [6.07, 6.45) is 0.723. The largest absolute Gasteiger partial charge is 0.410 e. The van der Waals surface area contributed by atoms with Crippen molar-refractivity contribution in [2.24, 2.45) is 5.16 Å². The zero-order chi connectivity index (χ0) is 11.0. The molecule has 0 aromatic heterocycles. The molecule has 0 aliphatic carbocycles. The maximum absolute atomic E-state index is 10.9. The molecule has 14 heavy (non-hydrogen) atoms. The molecule has 7 nitrogen and oxygen atoms in total. The van der Waals surface area contributed by atoms with Crippen molar-refractivity contribution in [3.8, 4) is 6.07 Å². The van der Waals surface area contributed by atoms with E-state index in [0.29, 0.717) is 6.54 Å². The van der Waals surface area contributed by atoms with Crippen molar-refractivity contribution in [1.29, 1.82) is 5.26 Å². The highest BCUT2D eigenvalue weighted by Crippen LogP contribution is 1.77. The van der Waals surface area contributed by atoms with Gasteiger partial charge < -0.3 is 10.5 Å². The summed E-state index contributed by atoms with van der Waals surface area (Å²) in [5.74, 6) is -1.04. The van der Waals surface area contributed by atoms with E-state index in [1.807, 2.05) is 12.2 Å². The van der Waals surface area contributed by atoms with Crippen LogP contribution in [0, 0.1) is 11.3 Å². The summed E-state index contributed by atoms with van der Waals surface area (Å²) < 4.78 is 0. The normalized spacial score (nSPS) is 10.1. The predicted octanol–water partition coefficient (Wildman–Crippen LogP) is -0.424. The van der Waals surface area contributed by atoms with E-state index < -0.39 is 17.6 Å². The number of imide groups is 1. The Morgan fingerprint density at radius 3 is 2.64 bits per heavy atom. The van der Waals surface area contributed by atoms with E-state index in [1.165, 1.54) is 6.07 Å². The average Bonchev–Trinajstić information content (AvgIpc) is 2.16. The second-order valence-corrected chi connectivity index (χ2v) is 2.27. The smallest absolute Gasteiger partial charge is 0.321 e. The van der Waals surface area contributed by atoms with E-state index in [9.17, 15) is 9.59 Å². The summed E-state index contributed by atoms with van der Waals surface area (Å²) in [5, 5.41) is 23.0. The van der Waals surface area contributed by atoms with Gasteiger partial charge in [-0.2, -0.15) is 5.26 Å². The fourth-order valence-corrected chi connectivity index (χ4v) is 0.564. The quantitative estimate of drug-likeness (QED) is 0.324. The molecule has 3 amide bonds. The fraction of sp³-hybridized carbons (Fsp3) is 0.429. The number of carbonyl (C=O) groups excluding carboxylic acids is 2. The molecule has 7 heteroatoms. The molecule has 0 fully saturated rings. The predicted molar refractivity (Wildman–Crippen MR) is 46.7 cm³/mol. The fourth-order valence-electron chi connectivity index (χ4n) is 0.564. The molecule has 0 unspecified atom stereocenters. The second kappa shape index (κ2) is 6.42. The number of rotatable bonds is 3. The maximum atomic E-state index is 10.9. The van der Waals surface area contributed by atoms with E-state index >= 15 is 0 Å². The van der Waals surface area contributed by atoms with Gasteiger partial charge in [0.2, 0.25) is 5.71 Å². The van der Waals surface area contributed by atoms with E-state index in [-0.39, 0.29) is 0 Å². The molecule has 0 atom stereocenters. The Balaban J connectivity index is 4.08. The number of nitrogens with one attached hydrogen (secondary N) is 2. The molecule has 0 rings (SSSR count). The van der Waals surface area contributed by atoms with Gasteiger partial charge in [-0.25, -0.2) is 4.79 Å². The number of carbonyl (C=O) groups is 2. The average molecular weight is 198 g/mol. The highest BCUT2D eigenvalue weighted by Gasteiger charge is 2.13. The Morgan fingerprint density at radius 1 is 1.57 bits per heavy atom. The number of amides is 3. The molecule has 3 N–H and O–H groups in total. The first-order valence-corrected chi connectivity index (χ1v) is 3.87. The molecule has 76 valence electrons. The molecular formula is C7H10N4O3. The molecule has 0 radical (unpaired) electrons. The molecule has 0 aliphatic heterocycles. The number of hydrogen-bond acceptors (Lipinski definition) is 5. The third-order valence-corrected chi connectivity index (χ3v) is 1.18. The third-order valence-electron chi connectivity index (χ3n) is 1.18. The lowest BCUT2D eigenvalue weighted by atomic mass is 10.4. The van der Waals surface area contributed by atoms with Crippen LogP contribution in [0.5, 0.6) is 0 Å². The van der Waals surface area contributed by atoms with Crippen molar-refractivity contribution in [3.63, 3.8) is 0 Å². The summed E-state index contributed by atoms with van der Waals surface area (Å²) >= 11 is 0. The topological polar surface area (TPSA) is 115 Å². The summed E-state index contributed by atoms with van der Waals surface area (Å²) in [5.41, 5.74) is -0.767. The SMILES string of the molecule is CCCNC(=O)NC(=O)C(C#N)=NO. The van der Waals surface area contributed by atoms with Crippen molar-refractivity contribution in [1.82, 2.24) is 10.6 Å². The molecule has 0 saturated carbocycles. The van der Waals surface area contributed by atoms with Gasteiger partial charge in [0, 0.05) is 6.54 Å². The molecule has 0 aromatic carbocycles. The van der Waals surface area contributed by atoms with E-state index in [2.05, 4.69) is 10.5 Å². The van der Waals surface area contributed by atoms with Crippen LogP contribution in [0.3, 0.4) is 0 Å². The van der Waals surface area contributed by atoms with E-state index in [0.717, 1.165) is 6.42 Å². The van der Waals surface area contributed by atoms with Crippen LogP contribution in [-0.2, 0) is 4.79 Å². The molecule has 0 bridgehead atoms. The Kier molecular flexibility index (Phi) is 5.46. The Morgan fingerprint density at radius 2 is 2.21 bits per heavy atom. The number of nitrogens with zero attached hydrogens (tertiary/aromatic N) is 2. The molecule has 0 spiro atoms. The van der Waals surface area contributed by atoms with Crippen LogP contribution < -0.4 is 10.6 Å². The summed E-state index contributed by atoms with van der Waals surface area (Å²) in [6, 6.07) is 0.592. The van der Waals surface area contributed by atoms with E-state index in [4.69, 9.17) is 10.5 Å². The van der Waals surface area contributed by atoms with Crippen LogP contribution in [0.15, 0.2) is 5.16 Å². The van der Waals surface area contributed by atoms with Gasteiger partial charge in [-0.15, -0.1) is 0 Å². The van der Waals surface area contributed by atoms with Crippen LogP contribution in [0.4, 0.5) is 4.79 Å². The van der Waals surface area contributed by atoms with Gasteiger partial charge in [0.05, 0.1) is 0 Å². The van der Waals surface area contributed by atoms with Crippen LogP contribution in [0.25, 0.3) is 0 Å². The van der Waals surface area contributed by atoms with Gasteiger partial charge in [0.15, 0.2) is 0 Å². The van der Waals surface area contributed by atoms with Crippen LogP contribution >= 0.6 is 0 Å². The van der Waals surface area contributed by atoms with Crippen LogP contribution in [-0.4, -0.2) is 29.4 Å². The monoisotopic (exact) mass is 198 g/mol. The lowest BCUT2D eigenvalue weighted by Gasteiger charge is -2.02. The maximum Gasteiger partial charge on any atom is 0.321 e. The van der Waals surface area contributed by atoms with Gasteiger partial charge in [0.1, 0.15) is 6.07 Å². The molecular weight excluding hydrogens is 188 g/mol. The first kappa shape index (κ1) is 11.9. The molecule has 0 aliphatic rings. The summed E-state index contributed by atoms with van der Waals surface area (Å²) in [4.78, 5) is 21.8. The van der Waals surface area contributed by atoms with E-state index in [1.54, 1.807) is 0 Å². The van der Waals surface area contributed by atoms with Gasteiger partial charge in [0.25, 0.3) is 5.91 Å². The van der Waals surface area contributed by atoms with Gasteiger partial charge in [-0.05, 0) is 6.42 Å². The zero-order valence-corrected chi connectivity index (χ0v) is 7.57. The highest BCUT2D eigenvalue weighted by atomic mass is 16.4. The standard InChI is InChI=1S/C7H10N4O3/c1-2-3-9-7(13)10-6(12)5(4-8)11-14/h14H,2-3H2,1H3,(H2,9,10,12,13). The molecule has 0 saturated heterocycles. The lowest BCUT2D eigenvalue weighted by Crippen LogP contribution is -2.42. The lowest BCUT2D eigenvalue weighted by molar-refractivity contribution is -0.113. The number of urea groups is 1. The van der Waals surface area contributed by atoms with Crippen LogP contribution in [0.1, 0.15) is 13.3 Å². The van der Waals surface area contributed by atoms with Gasteiger partial charge in [-0.1, -0.05) is 12.1 Å². The third kappa shape index (κ3) is 4.06. The minimum atomic E-state index is -1.04. The number of oxime groups is 1. The van der Waals surface area contributed by atoms with Crippen LogP contribution in [0.2, 0.25) is 0 Å². The number of nitriles is 1. The minimum Gasteiger partial charge on any atom is -0.410 e. The second-order valence-electron chi connectivity index (χ2n) is 2.27. The Bertz CT molecular complexity index is 292. The highest BCUT2D eigenvalue weighted by molar-refractivity contribution is 6.46.